The van der Waals surface area contributed by atoms with Crippen molar-refractivity contribution in [1.29, 1.82) is 0 Å². The van der Waals surface area contributed by atoms with Crippen molar-refractivity contribution in [2.24, 2.45) is 11.8 Å². The predicted octanol–water partition coefficient (Wildman–Crippen LogP) is 1.84. The largest absolute Gasteiger partial charge is 0.363 e. The molecule has 0 saturated carbocycles. The average Bonchev–Trinajstić information content (AvgIpc) is 3.86. The van der Waals surface area contributed by atoms with Crippen molar-refractivity contribution < 1.29 is 38.2 Å². The summed E-state index contributed by atoms with van der Waals surface area (Å²) in [5.41, 5.74) is 1.65. The number of benzene rings is 2. The summed E-state index contributed by atoms with van der Waals surface area (Å²) < 4.78 is 12.1. The standard InChI is InChI=1S/C42H58N6O8/c1-25(2)19-31-37(49)43-23-29-15-17-36(55-29)42(54)48-34(22-28-13-9-6-10-14-28)40(52)46-32(20-26(3)4)38(50)44-24-30-16-18-35(56-30)41(53)47-33(39(51)45-31)21-27-11-7-5-8-12-27/h5-14,25-26,29-36H,15-24H2,1-4H3,(H,43,49)(H,44,50)(H,45,51)(H,46,52)(H,47,53)(H,48,54)/t29-,30-,31+,32+,33+,34+,35-,36-/m1/s1. The summed E-state index contributed by atoms with van der Waals surface area (Å²) in [6, 6.07) is 14.8. The third-order valence-electron chi connectivity index (χ3n) is 10.3. The molecule has 6 N–H and O–H groups in total. The van der Waals surface area contributed by atoms with Crippen LogP contribution in [0.5, 0.6) is 0 Å². The van der Waals surface area contributed by atoms with Gasteiger partial charge in [0.2, 0.25) is 35.4 Å². The molecular weight excluding hydrogens is 716 g/mol. The van der Waals surface area contributed by atoms with E-state index in [9.17, 15) is 28.8 Å². The first kappa shape index (κ1) is 42.3. The minimum absolute atomic E-state index is 0.0573. The van der Waals surface area contributed by atoms with Gasteiger partial charge in [-0.05, 0) is 61.5 Å². The highest BCUT2D eigenvalue weighted by Gasteiger charge is 2.37. The summed E-state index contributed by atoms with van der Waals surface area (Å²) in [5.74, 6) is -2.61. The normalized spacial score (nSPS) is 28.8. The molecule has 0 aliphatic carbocycles. The Labute approximate surface area is 329 Å². The number of hydrogen-bond donors (Lipinski definition) is 6. The van der Waals surface area contributed by atoms with Gasteiger partial charge in [-0.2, -0.15) is 0 Å². The number of fused-ring (bicyclic) bond motifs is 4. The van der Waals surface area contributed by atoms with Crippen LogP contribution >= 0.6 is 0 Å². The molecular formula is C42H58N6O8. The molecule has 14 heteroatoms. The van der Waals surface area contributed by atoms with Crippen molar-refractivity contribution >= 4 is 35.4 Å². The van der Waals surface area contributed by atoms with Crippen LogP contribution in [0.1, 0.15) is 77.3 Å². The van der Waals surface area contributed by atoms with E-state index in [0.29, 0.717) is 38.5 Å². The van der Waals surface area contributed by atoms with Gasteiger partial charge < -0.3 is 41.4 Å². The zero-order valence-corrected chi connectivity index (χ0v) is 32.9. The molecule has 0 unspecified atom stereocenters. The minimum Gasteiger partial charge on any atom is -0.363 e. The van der Waals surface area contributed by atoms with Crippen molar-refractivity contribution in [3.05, 3.63) is 71.8 Å². The third-order valence-corrected chi connectivity index (χ3v) is 10.3. The second-order valence-corrected chi connectivity index (χ2v) is 16.0. The smallest absolute Gasteiger partial charge is 0.249 e. The van der Waals surface area contributed by atoms with E-state index in [-0.39, 0.29) is 37.8 Å². The summed E-state index contributed by atoms with van der Waals surface area (Å²) in [4.78, 5) is 82.2. The van der Waals surface area contributed by atoms with Crippen molar-refractivity contribution in [3.63, 3.8) is 0 Å². The number of hydrogen-bond acceptors (Lipinski definition) is 8. The second-order valence-electron chi connectivity index (χ2n) is 16.0. The Morgan fingerprint density at radius 2 is 0.839 bits per heavy atom. The average molecular weight is 775 g/mol. The van der Waals surface area contributed by atoms with Gasteiger partial charge in [0.05, 0.1) is 12.2 Å². The molecule has 6 amide bonds. The van der Waals surface area contributed by atoms with Gasteiger partial charge in [0.15, 0.2) is 0 Å². The molecule has 3 fully saturated rings. The maximum atomic E-state index is 13.9. The van der Waals surface area contributed by atoms with Gasteiger partial charge >= 0.3 is 0 Å². The van der Waals surface area contributed by atoms with Crippen molar-refractivity contribution in [2.75, 3.05) is 13.1 Å². The fourth-order valence-electron chi connectivity index (χ4n) is 7.37. The summed E-state index contributed by atoms with van der Waals surface area (Å²) in [7, 11) is 0. The molecule has 2 aromatic rings. The number of ether oxygens (including phenoxy) is 2. The maximum Gasteiger partial charge on any atom is 0.249 e. The van der Waals surface area contributed by atoms with E-state index in [1.165, 1.54) is 0 Å². The molecule has 2 aromatic carbocycles. The molecule has 0 aromatic heterocycles. The Balaban J connectivity index is 1.38. The van der Waals surface area contributed by atoms with Crippen LogP contribution in [0.2, 0.25) is 0 Å². The van der Waals surface area contributed by atoms with Gasteiger partial charge in [0.25, 0.3) is 0 Å². The molecule has 5 rings (SSSR count). The first-order chi connectivity index (χ1) is 26.8. The zero-order chi connectivity index (χ0) is 40.2. The number of nitrogens with one attached hydrogen (secondary N) is 6. The fraction of sp³-hybridized carbons (Fsp3) is 0.571. The predicted molar refractivity (Wildman–Crippen MR) is 209 cm³/mol. The molecule has 0 spiro atoms. The molecule has 3 aliphatic rings. The van der Waals surface area contributed by atoms with E-state index < -0.39 is 84.0 Å². The molecule has 304 valence electrons. The van der Waals surface area contributed by atoms with Gasteiger partial charge in [-0.1, -0.05) is 88.4 Å². The Hall–Kier alpha value is -4.82. The Morgan fingerprint density at radius 3 is 1.20 bits per heavy atom. The molecule has 56 heavy (non-hydrogen) atoms. The van der Waals surface area contributed by atoms with E-state index in [2.05, 4.69) is 31.9 Å². The SMILES string of the molecule is CC(C)C[C@@H]1NC(=O)[C@H](Cc2ccccc2)NC(=O)[C@H]2CC[C@H](CNC(=O)[C@H](CC(C)C)NC(=O)[C@H](Cc3ccccc3)NC(=O)[C@H]3CC[C@H](CNC1=O)O3)O2. The van der Waals surface area contributed by atoms with Gasteiger partial charge in [0.1, 0.15) is 36.4 Å². The van der Waals surface area contributed by atoms with Gasteiger partial charge in [0, 0.05) is 25.9 Å². The number of carbonyl (C=O) groups is 6. The van der Waals surface area contributed by atoms with E-state index in [1.807, 2.05) is 88.4 Å². The lowest BCUT2D eigenvalue weighted by Crippen LogP contribution is -2.57. The van der Waals surface area contributed by atoms with Crippen LogP contribution in [0.4, 0.5) is 0 Å². The lowest BCUT2D eigenvalue weighted by atomic mass is 10.0. The van der Waals surface area contributed by atoms with Crippen molar-refractivity contribution in [1.82, 2.24) is 31.9 Å². The quantitative estimate of drug-likeness (QED) is 0.234. The monoisotopic (exact) mass is 774 g/mol. The number of carbonyl (C=O) groups excluding carboxylic acids is 6. The van der Waals surface area contributed by atoms with Crippen LogP contribution in [-0.4, -0.2) is 97.1 Å². The van der Waals surface area contributed by atoms with Gasteiger partial charge in [-0.25, -0.2) is 0 Å². The van der Waals surface area contributed by atoms with Crippen LogP contribution in [0.25, 0.3) is 0 Å². The first-order valence-electron chi connectivity index (χ1n) is 20.0. The number of amides is 6. The number of rotatable bonds is 8. The molecule has 14 nitrogen and oxygen atoms in total. The Kier molecular flexibility index (Phi) is 15.4. The van der Waals surface area contributed by atoms with E-state index >= 15 is 0 Å². The Bertz CT molecular complexity index is 1540. The highest BCUT2D eigenvalue weighted by molar-refractivity contribution is 5.94. The molecule has 0 radical (unpaired) electrons. The molecule has 8 atom stereocenters. The lowest BCUT2D eigenvalue weighted by molar-refractivity contribution is -0.138. The topological polar surface area (TPSA) is 193 Å². The highest BCUT2D eigenvalue weighted by atomic mass is 16.5. The van der Waals surface area contributed by atoms with E-state index in [1.54, 1.807) is 0 Å². The van der Waals surface area contributed by atoms with Crippen LogP contribution in [0.3, 0.4) is 0 Å². The summed E-state index contributed by atoms with van der Waals surface area (Å²) >= 11 is 0. The van der Waals surface area contributed by atoms with E-state index in [4.69, 9.17) is 9.47 Å². The third kappa shape index (κ3) is 12.6. The van der Waals surface area contributed by atoms with E-state index in [0.717, 1.165) is 11.1 Å². The van der Waals surface area contributed by atoms with Crippen LogP contribution in [-0.2, 0) is 51.1 Å². The summed E-state index contributed by atoms with van der Waals surface area (Å²) in [6.07, 6.45) is 0.146. The molecule has 3 heterocycles. The summed E-state index contributed by atoms with van der Waals surface area (Å²) in [6.45, 7) is 8.01. The highest BCUT2D eigenvalue weighted by Crippen LogP contribution is 2.22. The summed E-state index contributed by atoms with van der Waals surface area (Å²) in [5, 5.41) is 17.3. The molecule has 3 saturated heterocycles. The lowest BCUT2D eigenvalue weighted by Gasteiger charge is -2.26. The van der Waals surface area contributed by atoms with Gasteiger partial charge in [-0.15, -0.1) is 0 Å². The molecule has 3 aliphatic heterocycles. The van der Waals surface area contributed by atoms with Crippen LogP contribution in [0, 0.1) is 11.8 Å². The minimum atomic E-state index is -0.996. The first-order valence-corrected chi connectivity index (χ1v) is 20.0. The van der Waals surface area contributed by atoms with Crippen molar-refractivity contribution in [3.8, 4) is 0 Å². The zero-order valence-electron chi connectivity index (χ0n) is 32.9. The fourth-order valence-corrected chi connectivity index (χ4v) is 7.37. The second kappa shape index (κ2) is 20.4. The maximum absolute atomic E-state index is 13.9. The van der Waals surface area contributed by atoms with Crippen LogP contribution in [0.15, 0.2) is 60.7 Å². The van der Waals surface area contributed by atoms with Gasteiger partial charge in [-0.3, -0.25) is 28.8 Å². The molecule has 4 bridgehead atoms. The van der Waals surface area contributed by atoms with Crippen LogP contribution < -0.4 is 31.9 Å². The Morgan fingerprint density at radius 1 is 0.482 bits per heavy atom. The van der Waals surface area contributed by atoms with Crippen molar-refractivity contribution in [2.45, 2.75) is 128 Å².